The molecule has 0 unspecified atom stereocenters. The van der Waals surface area contributed by atoms with Crippen LogP contribution in [0, 0.1) is 5.82 Å². The number of aromatic nitrogens is 6. The molecular weight excluding hydrogens is 401 g/mol. The molecule has 10 heteroatoms. The van der Waals surface area contributed by atoms with Gasteiger partial charge in [-0.2, -0.15) is 15.0 Å². The zero-order valence-corrected chi connectivity index (χ0v) is 16.8. The first-order valence-electron chi connectivity index (χ1n) is 10.0. The highest BCUT2D eigenvalue weighted by Gasteiger charge is 2.32. The van der Waals surface area contributed by atoms with Gasteiger partial charge in [0.1, 0.15) is 17.6 Å². The van der Waals surface area contributed by atoms with Crippen LogP contribution in [0.3, 0.4) is 0 Å². The van der Waals surface area contributed by atoms with E-state index < -0.39 is 5.82 Å². The number of likely N-dealkylation sites (tertiary alicyclic amines) is 1. The Hall–Kier alpha value is -3.82. The van der Waals surface area contributed by atoms with Gasteiger partial charge in [0.15, 0.2) is 5.65 Å². The summed E-state index contributed by atoms with van der Waals surface area (Å²) < 4.78 is 21.9. The second-order valence-corrected chi connectivity index (χ2v) is 7.49. The summed E-state index contributed by atoms with van der Waals surface area (Å²) in [7, 11) is 0. The summed E-state index contributed by atoms with van der Waals surface area (Å²) in [4.78, 5) is 25.1. The molecule has 0 saturated carbocycles. The zero-order chi connectivity index (χ0) is 21.4. The number of hydrogen-bond donors (Lipinski definition) is 0. The van der Waals surface area contributed by atoms with Gasteiger partial charge in [-0.3, -0.25) is 4.79 Å². The first-order chi connectivity index (χ1) is 15.1. The summed E-state index contributed by atoms with van der Waals surface area (Å²) in [5.74, 6) is -0.252. The van der Waals surface area contributed by atoms with Gasteiger partial charge in [-0.15, -0.1) is 0 Å². The summed E-state index contributed by atoms with van der Waals surface area (Å²) in [6.45, 7) is 2.38. The van der Waals surface area contributed by atoms with E-state index in [9.17, 15) is 9.18 Å². The second kappa shape index (κ2) is 7.78. The van der Waals surface area contributed by atoms with Crippen molar-refractivity contribution in [2.45, 2.75) is 31.9 Å². The standard InChI is InChI=1S/C21H20FN7O2/c1-14-2-4-16(31-20-19-23-8-10-27(19)11-9-24-20)13-28(14)21(30)17-5-3-15(22)12-18(17)29-25-6-7-26-29/h3,5-12,14,16H,2,4,13H2,1H3/t14-,16-/m1/s1. The van der Waals surface area contributed by atoms with Gasteiger partial charge in [-0.05, 0) is 31.9 Å². The third-order valence-corrected chi connectivity index (χ3v) is 5.48. The molecule has 31 heavy (non-hydrogen) atoms. The number of rotatable bonds is 4. The minimum Gasteiger partial charge on any atom is -0.470 e. The number of benzene rings is 1. The number of carbonyl (C=O) groups is 1. The molecular formula is C21H20FN7O2. The largest absolute Gasteiger partial charge is 0.470 e. The average Bonchev–Trinajstić information content (AvgIpc) is 3.47. The molecule has 4 heterocycles. The van der Waals surface area contributed by atoms with Crippen molar-refractivity contribution in [2.24, 2.45) is 0 Å². The number of amides is 1. The van der Waals surface area contributed by atoms with Gasteiger partial charge in [0, 0.05) is 36.9 Å². The number of carbonyl (C=O) groups excluding carboxylic acids is 1. The van der Waals surface area contributed by atoms with E-state index in [1.807, 2.05) is 17.5 Å². The molecule has 3 aromatic heterocycles. The lowest BCUT2D eigenvalue weighted by atomic mass is 9.99. The van der Waals surface area contributed by atoms with Crippen molar-refractivity contribution < 1.29 is 13.9 Å². The molecule has 1 aliphatic heterocycles. The van der Waals surface area contributed by atoms with Crippen molar-refractivity contribution in [3.05, 3.63) is 66.8 Å². The van der Waals surface area contributed by atoms with Crippen LogP contribution in [0.25, 0.3) is 11.3 Å². The fourth-order valence-corrected chi connectivity index (χ4v) is 3.87. The van der Waals surface area contributed by atoms with Crippen LogP contribution in [-0.4, -0.2) is 58.9 Å². The molecule has 1 aliphatic rings. The molecule has 158 valence electrons. The first-order valence-corrected chi connectivity index (χ1v) is 10.0. The molecule has 4 aromatic rings. The molecule has 1 saturated heterocycles. The predicted molar refractivity (Wildman–Crippen MR) is 108 cm³/mol. The third kappa shape index (κ3) is 3.60. The van der Waals surface area contributed by atoms with Gasteiger partial charge in [0.05, 0.1) is 24.5 Å². The van der Waals surface area contributed by atoms with E-state index in [-0.39, 0.29) is 18.1 Å². The molecule has 0 N–H and O–H groups in total. The summed E-state index contributed by atoms with van der Waals surface area (Å²) in [5.41, 5.74) is 1.26. The Morgan fingerprint density at radius 3 is 2.68 bits per heavy atom. The van der Waals surface area contributed by atoms with Gasteiger partial charge in [0.25, 0.3) is 11.8 Å². The predicted octanol–water partition coefficient (Wildman–Crippen LogP) is 2.52. The molecule has 1 amide bonds. The summed E-state index contributed by atoms with van der Waals surface area (Å²) >= 11 is 0. The van der Waals surface area contributed by atoms with Crippen molar-refractivity contribution in [2.75, 3.05) is 6.54 Å². The Labute approximate surface area is 177 Å². The maximum Gasteiger partial charge on any atom is 0.258 e. The van der Waals surface area contributed by atoms with Gasteiger partial charge >= 0.3 is 0 Å². The van der Waals surface area contributed by atoms with Crippen LogP contribution in [0.2, 0.25) is 0 Å². The molecule has 9 nitrogen and oxygen atoms in total. The highest BCUT2D eigenvalue weighted by Crippen LogP contribution is 2.26. The number of halogens is 1. The van der Waals surface area contributed by atoms with E-state index in [0.29, 0.717) is 29.3 Å². The van der Waals surface area contributed by atoms with Crippen LogP contribution < -0.4 is 4.74 Å². The van der Waals surface area contributed by atoms with Crippen LogP contribution in [0.4, 0.5) is 4.39 Å². The average molecular weight is 421 g/mol. The number of ether oxygens (including phenoxy) is 1. The van der Waals surface area contributed by atoms with Gasteiger partial charge < -0.3 is 14.0 Å². The molecule has 2 atom stereocenters. The van der Waals surface area contributed by atoms with Crippen molar-refractivity contribution >= 4 is 11.6 Å². The highest BCUT2D eigenvalue weighted by atomic mass is 19.1. The van der Waals surface area contributed by atoms with E-state index >= 15 is 0 Å². The molecule has 5 rings (SSSR count). The summed E-state index contributed by atoms with van der Waals surface area (Å²) in [5, 5.41) is 8.11. The maximum atomic E-state index is 13.9. The molecule has 1 aromatic carbocycles. The zero-order valence-electron chi connectivity index (χ0n) is 16.8. The topological polar surface area (TPSA) is 90.4 Å². The van der Waals surface area contributed by atoms with Gasteiger partial charge in [-0.25, -0.2) is 14.4 Å². The molecule has 1 fully saturated rings. The van der Waals surface area contributed by atoms with Crippen molar-refractivity contribution in [3.8, 4) is 11.6 Å². The number of imidazole rings is 1. The van der Waals surface area contributed by atoms with E-state index in [0.717, 1.165) is 12.8 Å². The monoisotopic (exact) mass is 421 g/mol. The fraction of sp³-hybridized carbons (Fsp3) is 0.286. The minimum atomic E-state index is -0.462. The lowest BCUT2D eigenvalue weighted by Gasteiger charge is -2.38. The smallest absolute Gasteiger partial charge is 0.258 e. The lowest BCUT2D eigenvalue weighted by molar-refractivity contribution is 0.0375. The maximum absolute atomic E-state index is 13.9. The Balaban J connectivity index is 1.41. The Morgan fingerprint density at radius 1 is 1.10 bits per heavy atom. The van der Waals surface area contributed by atoms with Crippen molar-refractivity contribution in [3.63, 3.8) is 0 Å². The van der Waals surface area contributed by atoms with Crippen LogP contribution in [0.1, 0.15) is 30.1 Å². The Morgan fingerprint density at radius 2 is 1.87 bits per heavy atom. The number of nitrogens with zero attached hydrogens (tertiary/aromatic N) is 7. The highest BCUT2D eigenvalue weighted by molar-refractivity contribution is 5.98. The summed E-state index contributed by atoms with van der Waals surface area (Å²) in [6.07, 6.45) is 11.2. The van der Waals surface area contributed by atoms with Crippen molar-refractivity contribution in [1.29, 1.82) is 0 Å². The van der Waals surface area contributed by atoms with Crippen LogP contribution in [0.15, 0.2) is 55.4 Å². The minimum absolute atomic E-state index is 0.00557. The molecule has 0 spiro atoms. The van der Waals surface area contributed by atoms with Crippen LogP contribution in [0.5, 0.6) is 5.88 Å². The van der Waals surface area contributed by atoms with Crippen LogP contribution in [-0.2, 0) is 0 Å². The SMILES string of the molecule is C[C@@H]1CC[C@@H](Oc2nccn3ccnc23)CN1C(=O)c1ccc(F)cc1-n1nccn1. The number of fused-ring (bicyclic) bond motifs is 1. The van der Waals surface area contributed by atoms with Crippen molar-refractivity contribution in [1.82, 2.24) is 34.3 Å². The van der Waals surface area contributed by atoms with E-state index in [2.05, 4.69) is 20.2 Å². The quantitative estimate of drug-likeness (QED) is 0.503. The number of piperidine rings is 1. The first kappa shape index (κ1) is 19.2. The third-order valence-electron chi connectivity index (χ3n) is 5.48. The second-order valence-electron chi connectivity index (χ2n) is 7.49. The van der Waals surface area contributed by atoms with E-state index in [1.165, 1.54) is 35.4 Å². The van der Waals surface area contributed by atoms with Gasteiger partial charge in [0.2, 0.25) is 0 Å². The van der Waals surface area contributed by atoms with E-state index in [1.54, 1.807) is 23.5 Å². The lowest BCUT2D eigenvalue weighted by Crippen LogP contribution is -2.49. The molecule has 0 aliphatic carbocycles. The van der Waals surface area contributed by atoms with Gasteiger partial charge in [-0.1, -0.05) is 0 Å². The van der Waals surface area contributed by atoms with E-state index in [4.69, 9.17) is 4.74 Å². The number of hydrogen-bond acceptors (Lipinski definition) is 6. The molecule has 0 bridgehead atoms. The Bertz CT molecular complexity index is 1220. The fourth-order valence-electron chi connectivity index (χ4n) is 3.87. The van der Waals surface area contributed by atoms with Crippen LogP contribution >= 0.6 is 0 Å². The normalized spacial score (nSPS) is 19.0. The summed E-state index contributed by atoms with van der Waals surface area (Å²) in [6, 6.07) is 4.01. The Kier molecular flexibility index (Phi) is 4.81. The molecule has 0 radical (unpaired) electrons.